The van der Waals surface area contributed by atoms with Crippen molar-refractivity contribution in [3.63, 3.8) is 0 Å². The first-order valence-corrected chi connectivity index (χ1v) is 35.7. The van der Waals surface area contributed by atoms with Gasteiger partial charge in [0.1, 0.15) is 13.2 Å². The Balaban J connectivity index is 4.20. The van der Waals surface area contributed by atoms with Crippen LogP contribution in [0.25, 0.3) is 0 Å². The molecule has 478 valence electrons. The highest BCUT2D eigenvalue weighted by molar-refractivity contribution is 5.71. The fourth-order valence-electron chi connectivity index (χ4n) is 10.3. The standard InChI is InChI=1S/C77H134O6/c1-4-7-10-13-16-19-22-25-28-30-31-32-33-34-35-36-37-38-39-40-41-42-43-44-45-47-49-52-55-58-61-64-67-70-76(79)82-73-74(72-81-75(78)69-66-63-60-57-54-51-48-27-24-21-18-15-12-9-6-3)83-77(80)71-68-65-62-59-56-53-50-46-29-26-23-20-17-14-11-8-5-2/h7-8,10-11,16-17,19-20,25-26,28-29,31-32,34-35,74H,4-6,9,12-15,18,21-24,27,30,33,36-73H2,1-3H3/b10-7-,11-8-,19-16-,20-17-,28-25-,29-26-,32-31-,35-34-. The van der Waals surface area contributed by atoms with Gasteiger partial charge in [-0.25, -0.2) is 0 Å². The fourth-order valence-corrected chi connectivity index (χ4v) is 10.3. The second-order valence-corrected chi connectivity index (χ2v) is 23.7. The SMILES string of the molecule is CC/C=C\C/C=C\C/C=C\C/C=C\C/C=C\CCCCCCCCCCCCCCCCCCCC(=O)OCC(COC(=O)CCCCCCCCCCCCCCCCC)OC(=O)CCCCCCCCC/C=C\C/C=C\C/C=C\CC. The summed E-state index contributed by atoms with van der Waals surface area (Å²) in [7, 11) is 0. The molecule has 1 unspecified atom stereocenters. The van der Waals surface area contributed by atoms with E-state index in [0.29, 0.717) is 19.3 Å². The number of carbonyl (C=O) groups excluding carboxylic acids is 3. The molecule has 0 N–H and O–H groups in total. The van der Waals surface area contributed by atoms with E-state index in [4.69, 9.17) is 14.2 Å². The molecule has 1 atom stereocenters. The van der Waals surface area contributed by atoms with Crippen molar-refractivity contribution in [2.24, 2.45) is 0 Å². The summed E-state index contributed by atoms with van der Waals surface area (Å²) in [5.74, 6) is -0.866. The summed E-state index contributed by atoms with van der Waals surface area (Å²) in [6.45, 7) is 6.46. The molecule has 0 aromatic rings. The van der Waals surface area contributed by atoms with Crippen LogP contribution in [0.3, 0.4) is 0 Å². The van der Waals surface area contributed by atoms with Crippen molar-refractivity contribution in [3.05, 3.63) is 97.2 Å². The molecule has 0 rings (SSSR count). The third-order valence-corrected chi connectivity index (χ3v) is 15.6. The van der Waals surface area contributed by atoms with Crippen LogP contribution in [0.4, 0.5) is 0 Å². The molecule has 0 aliphatic rings. The number of esters is 3. The molecule has 0 saturated carbocycles. The van der Waals surface area contributed by atoms with Crippen LogP contribution in [0.15, 0.2) is 97.2 Å². The molecule has 0 aromatic carbocycles. The van der Waals surface area contributed by atoms with E-state index in [2.05, 4.69) is 118 Å². The van der Waals surface area contributed by atoms with Crippen LogP contribution in [0.2, 0.25) is 0 Å². The van der Waals surface area contributed by atoms with Gasteiger partial charge in [-0.15, -0.1) is 0 Å². The Bertz CT molecular complexity index is 1610. The Morgan fingerprint density at radius 3 is 0.735 bits per heavy atom. The van der Waals surface area contributed by atoms with Crippen LogP contribution < -0.4 is 0 Å². The zero-order valence-corrected chi connectivity index (χ0v) is 54.9. The summed E-state index contributed by atoms with van der Waals surface area (Å²) in [6.07, 6.45) is 95.8. The smallest absolute Gasteiger partial charge is 0.306 e. The van der Waals surface area contributed by atoms with Gasteiger partial charge in [0.15, 0.2) is 6.10 Å². The van der Waals surface area contributed by atoms with E-state index in [-0.39, 0.29) is 31.1 Å². The minimum absolute atomic E-state index is 0.0760. The van der Waals surface area contributed by atoms with Crippen LogP contribution in [0.1, 0.15) is 355 Å². The van der Waals surface area contributed by atoms with E-state index in [1.165, 1.54) is 199 Å². The molecule has 83 heavy (non-hydrogen) atoms. The summed E-state index contributed by atoms with van der Waals surface area (Å²) in [5.41, 5.74) is 0. The number of allylic oxidation sites excluding steroid dienone is 16. The molecular weight excluding hydrogens is 1020 g/mol. The minimum Gasteiger partial charge on any atom is -0.462 e. The van der Waals surface area contributed by atoms with Gasteiger partial charge in [-0.05, 0) is 96.3 Å². The van der Waals surface area contributed by atoms with Crippen LogP contribution in [-0.4, -0.2) is 37.2 Å². The number of rotatable bonds is 65. The fraction of sp³-hybridized carbons (Fsp3) is 0.753. The van der Waals surface area contributed by atoms with E-state index in [0.717, 1.165) is 116 Å². The lowest BCUT2D eigenvalue weighted by atomic mass is 10.0. The summed E-state index contributed by atoms with van der Waals surface area (Å²) < 4.78 is 17.0. The molecule has 0 radical (unpaired) electrons. The zero-order chi connectivity index (χ0) is 59.9. The monoisotopic (exact) mass is 1160 g/mol. The molecule has 0 fully saturated rings. The molecule has 0 aliphatic carbocycles. The first kappa shape index (κ1) is 79.3. The summed E-state index contributed by atoms with van der Waals surface area (Å²) in [4.78, 5) is 38.4. The van der Waals surface area contributed by atoms with Gasteiger partial charge in [0.05, 0.1) is 0 Å². The van der Waals surface area contributed by atoms with Gasteiger partial charge in [0.2, 0.25) is 0 Å². The first-order valence-electron chi connectivity index (χ1n) is 35.7. The maximum Gasteiger partial charge on any atom is 0.306 e. The van der Waals surface area contributed by atoms with Gasteiger partial charge in [-0.2, -0.15) is 0 Å². The van der Waals surface area contributed by atoms with E-state index < -0.39 is 6.10 Å². The van der Waals surface area contributed by atoms with Crippen molar-refractivity contribution in [1.82, 2.24) is 0 Å². The van der Waals surface area contributed by atoms with Crippen molar-refractivity contribution in [1.29, 1.82) is 0 Å². The Labute approximate surface area is 515 Å². The number of hydrogen-bond donors (Lipinski definition) is 0. The van der Waals surface area contributed by atoms with Crippen LogP contribution in [0, 0.1) is 0 Å². The van der Waals surface area contributed by atoms with Gasteiger partial charge in [-0.3, -0.25) is 14.4 Å². The van der Waals surface area contributed by atoms with Gasteiger partial charge in [-0.1, -0.05) is 336 Å². The van der Waals surface area contributed by atoms with Crippen molar-refractivity contribution in [2.75, 3.05) is 13.2 Å². The molecular formula is C77H134O6. The Kier molecular flexibility index (Phi) is 67.7. The minimum atomic E-state index is -0.781. The summed E-state index contributed by atoms with van der Waals surface area (Å²) in [6, 6.07) is 0. The van der Waals surface area contributed by atoms with Crippen molar-refractivity contribution in [3.8, 4) is 0 Å². The van der Waals surface area contributed by atoms with Crippen molar-refractivity contribution >= 4 is 17.9 Å². The number of unbranched alkanes of at least 4 members (excludes halogenated alkanes) is 38. The second-order valence-electron chi connectivity index (χ2n) is 23.7. The molecule has 0 spiro atoms. The lowest BCUT2D eigenvalue weighted by Gasteiger charge is -2.18. The lowest BCUT2D eigenvalue weighted by Crippen LogP contribution is -2.30. The predicted octanol–water partition coefficient (Wildman–Crippen LogP) is 24.8. The van der Waals surface area contributed by atoms with Gasteiger partial charge >= 0.3 is 17.9 Å². The van der Waals surface area contributed by atoms with E-state index in [1.54, 1.807) is 0 Å². The van der Waals surface area contributed by atoms with Crippen LogP contribution >= 0.6 is 0 Å². The predicted molar refractivity (Wildman–Crippen MR) is 362 cm³/mol. The average molecular weight is 1160 g/mol. The Hall–Kier alpha value is -3.67. The topological polar surface area (TPSA) is 78.9 Å². The highest BCUT2D eigenvalue weighted by atomic mass is 16.6. The van der Waals surface area contributed by atoms with Gasteiger partial charge in [0, 0.05) is 19.3 Å². The summed E-state index contributed by atoms with van der Waals surface area (Å²) >= 11 is 0. The Morgan fingerprint density at radius 2 is 0.470 bits per heavy atom. The van der Waals surface area contributed by atoms with Crippen molar-refractivity contribution in [2.45, 2.75) is 361 Å². The first-order chi connectivity index (χ1) is 41.0. The maximum atomic E-state index is 12.9. The maximum absolute atomic E-state index is 12.9. The van der Waals surface area contributed by atoms with E-state index in [9.17, 15) is 14.4 Å². The van der Waals surface area contributed by atoms with Gasteiger partial charge < -0.3 is 14.2 Å². The zero-order valence-electron chi connectivity index (χ0n) is 54.9. The highest BCUT2D eigenvalue weighted by Crippen LogP contribution is 2.18. The number of carbonyl (C=O) groups is 3. The van der Waals surface area contributed by atoms with Crippen molar-refractivity contribution < 1.29 is 28.6 Å². The number of hydrogen-bond acceptors (Lipinski definition) is 6. The molecule has 0 aliphatic heterocycles. The normalized spacial score (nSPS) is 12.7. The third-order valence-electron chi connectivity index (χ3n) is 15.6. The number of ether oxygens (including phenoxy) is 3. The molecule has 0 saturated heterocycles. The molecule has 0 heterocycles. The van der Waals surface area contributed by atoms with Crippen LogP contribution in [-0.2, 0) is 28.6 Å². The average Bonchev–Trinajstić information content (AvgIpc) is 3.49. The lowest BCUT2D eigenvalue weighted by molar-refractivity contribution is -0.167. The largest absolute Gasteiger partial charge is 0.462 e. The quantitative estimate of drug-likeness (QED) is 0.0261. The molecule has 0 bridgehead atoms. The molecule has 6 nitrogen and oxygen atoms in total. The van der Waals surface area contributed by atoms with Crippen LogP contribution in [0.5, 0.6) is 0 Å². The Morgan fingerprint density at radius 1 is 0.253 bits per heavy atom. The highest BCUT2D eigenvalue weighted by Gasteiger charge is 2.19. The molecule has 0 aromatic heterocycles. The van der Waals surface area contributed by atoms with E-state index >= 15 is 0 Å². The molecule has 6 heteroatoms. The second kappa shape index (κ2) is 70.8. The van der Waals surface area contributed by atoms with Gasteiger partial charge in [0.25, 0.3) is 0 Å². The van der Waals surface area contributed by atoms with E-state index in [1.807, 2.05) is 0 Å². The molecule has 0 amide bonds. The third kappa shape index (κ3) is 69.0. The summed E-state index contributed by atoms with van der Waals surface area (Å²) in [5, 5.41) is 0.